The Morgan fingerprint density at radius 1 is 1.13 bits per heavy atom. The molecule has 1 aromatic carbocycles. The summed E-state index contributed by atoms with van der Waals surface area (Å²) in [5.41, 5.74) is 7.95. The molecule has 0 saturated heterocycles. The van der Waals surface area contributed by atoms with Gasteiger partial charge >= 0.3 is 0 Å². The number of rotatable bonds is 5. The average molecular weight is 308 g/mol. The Kier molecular flexibility index (Phi) is 3.67. The lowest BCUT2D eigenvalue weighted by Crippen LogP contribution is -2.40. The van der Waals surface area contributed by atoms with E-state index in [1.54, 1.807) is 4.52 Å². The van der Waals surface area contributed by atoms with Crippen molar-refractivity contribution in [3.05, 3.63) is 42.5 Å². The first-order valence-corrected chi connectivity index (χ1v) is 8.08. The van der Waals surface area contributed by atoms with E-state index in [1.807, 2.05) is 42.5 Å². The Morgan fingerprint density at radius 2 is 1.96 bits per heavy atom. The molecule has 4 rings (SSSR count). The summed E-state index contributed by atoms with van der Waals surface area (Å²) in [5.74, 6) is 2.19. The van der Waals surface area contributed by atoms with E-state index in [0.717, 1.165) is 29.4 Å². The van der Waals surface area contributed by atoms with E-state index in [0.29, 0.717) is 5.92 Å². The fourth-order valence-electron chi connectivity index (χ4n) is 2.91. The van der Waals surface area contributed by atoms with Crippen molar-refractivity contribution in [2.75, 3.05) is 11.9 Å². The molecule has 0 amide bonds. The molecule has 3 aromatic rings. The van der Waals surface area contributed by atoms with E-state index in [1.165, 1.54) is 19.3 Å². The molecule has 118 valence electrons. The quantitative estimate of drug-likeness (QED) is 0.756. The van der Waals surface area contributed by atoms with Crippen molar-refractivity contribution in [2.45, 2.75) is 25.3 Å². The van der Waals surface area contributed by atoms with Crippen LogP contribution in [0.2, 0.25) is 0 Å². The molecule has 1 unspecified atom stereocenters. The van der Waals surface area contributed by atoms with Gasteiger partial charge in [-0.1, -0.05) is 36.8 Å². The van der Waals surface area contributed by atoms with E-state index in [-0.39, 0.29) is 6.04 Å². The van der Waals surface area contributed by atoms with Gasteiger partial charge in [0.05, 0.1) is 0 Å². The third-order valence-electron chi connectivity index (χ3n) is 4.57. The Balaban J connectivity index is 1.57. The number of fused-ring (bicyclic) bond motifs is 1. The minimum absolute atomic E-state index is 0.191. The van der Waals surface area contributed by atoms with Crippen LogP contribution in [0, 0.1) is 5.92 Å². The minimum Gasteiger partial charge on any atom is -0.367 e. The fourth-order valence-corrected chi connectivity index (χ4v) is 2.91. The maximum atomic E-state index is 6.22. The van der Waals surface area contributed by atoms with Crippen LogP contribution < -0.4 is 11.1 Å². The first kappa shape index (κ1) is 14.1. The summed E-state index contributed by atoms with van der Waals surface area (Å²) in [7, 11) is 0. The minimum atomic E-state index is 0.191. The van der Waals surface area contributed by atoms with Crippen LogP contribution in [0.3, 0.4) is 0 Å². The van der Waals surface area contributed by atoms with Crippen LogP contribution in [0.15, 0.2) is 42.5 Å². The van der Waals surface area contributed by atoms with Gasteiger partial charge in [-0.3, -0.25) is 0 Å². The molecule has 0 bridgehead atoms. The monoisotopic (exact) mass is 308 g/mol. The van der Waals surface area contributed by atoms with Crippen molar-refractivity contribution in [2.24, 2.45) is 11.7 Å². The maximum Gasteiger partial charge on any atom is 0.185 e. The Bertz CT molecular complexity index is 793. The number of anilines is 1. The molecule has 6 nitrogen and oxygen atoms in total. The molecule has 0 radical (unpaired) electrons. The summed E-state index contributed by atoms with van der Waals surface area (Å²) in [6, 6.07) is 14.0. The first-order valence-electron chi connectivity index (χ1n) is 8.08. The summed E-state index contributed by atoms with van der Waals surface area (Å²) in [5, 5.41) is 16.4. The Labute approximate surface area is 134 Å². The second kappa shape index (κ2) is 5.96. The highest BCUT2D eigenvalue weighted by atomic mass is 15.4. The topological polar surface area (TPSA) is 81.1 Å². The highest BCUT2D eigenvalue weighted by Crippen LogP contribution is 2.28. The number of nitrogens with two attached hydrogens (primary N) is 1. The summed E-state index contributed by atoms with van der Waals surface area (Å²) >= 11 is 0. The molecule has 1 aliphatic rings. The molecule has 2 aromatic heterocycles. The molecular formula is C17H20N6. The molecule has 6 heteroatoms. The van der Waals surface area contributed by atoms with Crippen molar-refractivity contribution in [3.63, 3.8) is 0 Å². The van der Waals surface area contributed by atoms with Crippen LogP contribution in [0.4, 0.5) is 5.82 Å². The zero-order chi connectivity index (χ0) is 15.6. The number of nitrogens with zero attached hydrogens (tertiary/aromatic N) is 4. The van der Waals surface area contributed by atoms with Crippen LogP contribution in [-0.4, -0.2) is 32.4 Å². The predicted octanol–water partition coefficient (Wildman–Crippen LogP) is 2.33. The fraction of sp³-hybridized carbons (Fsp3) is 0.353. The number of benzene rings is 1. The van der Waals surface area contributed by atoms with Crippen molar-refractivity contribution in [1.29, 1.82) is 0 Å². The Morgan fingerprint density at radius 3 is 2.70 bits per heavy atom. The van der Waals surface area contributed by atoms with Gasteiger partial charge in [-0.2, -0.15) is 4.52 Å². The SMILES string of the molecule is NC(CNc1ccc2nnc(-c3ccccc3)n2n1)C1CCC1. The standard InChI is InChI=1S/C17H20N6/c18-14(12-7-4-8-12)11-19-15-9-10-16-20-21-17(23(16)22-15)13-5-2-1-3-6-13/h1-3,5-6,9-10,12,14H,4,7-8,11,18H2,(H,19,22). The van der Waals surface area contributed by atoms with E-state index >= 15 is 0 Å². The Hall–Kier alpha value is -2.47. The highest BCUT2D eigenvalue weighted by Gasteiger charge is 2.24. The van der Waals surface area contributed by atoms with Crippen LogP contribution in [0.1, 0.15) is 19.3 Å². The second-order valence-corrected chi connectivity index (χ2v) is 6.11. The highest BCUT2D eigenvalue weighted by molar-refractivity contribution is 5.59. The molecule has 1 fully saturated rings. The predicted molar refractivity (Wildman–Crippen MR) is 90.0 cm³/mol. The molecule has 0 aliphatic heterocycles. The van der Waals surface area contributed by atoms with Gasteiger partial charge in [-0.25, -0.2) is 0 Å². The molecule has 23 heavy (non-hydrogen) atoms. The molecule has 2 heterocycles. The largest absolute Gasteiger partial charge is 0.367 e. The van der Waals surface area contributed by atoms with E-state index in [2.05, 4.69) is 20.6 Å². The molecule has 1 aliphatic carbocycles. The van der Waals surface area contributed by atoms with Gasteiger partial charge in [0.25, 0.3) is 0 Å². The summed E-state index contributed by atoms with van der Waals surface area (Å²) in [6.45, 7) is 0.742. The van der Waals surface area contributed by atoms with Gasteiger partial charge < -0.3 is 11.1 Å². The molecule has 1 atom stereocenters. The van der Waals surface area contributed by atoms with E-state index < -0.39 is 0 Å². The van der Waals surface area contributed by atoms with Gasteiger partial charge in [-0.15, -0.1) is 15.3 Å². The number of hydrogen-bond acceptors (Lipinski definition) is 5. The van der Waals surface area contributed by atoms with Crippen LogP contribution in [-0.2, 0) is 0 Å². The van der Waals surface area contributed by atoms with Crippen LogP contribution in [0.5, 0.6) is 0 Å². The van der Waals surface area contributed by atoms with Crippen LogP contribution >= 0.6 is 0 Å². The van der Waals surface area contributed by atoms with E-state index in [4.69, 9.17) is 5.73 Å². The number of hydrogen-bond donors (Lipinski definition) is 2. The normalized spacial score (nSPS) is 16.2. The smallest absolute Gasteiger partial charge is 0.185 e. The summed E-state index contributed by atoms with van der Waals surface area (Å²) in [6.07, 6.45) is 3.81. The third-order valence-corrected chi connectivity index (χ3v) is 4.57. The average Bonchev–Trinajstić information content (AvgIpc) is 2.95. The van der Waals surface area contributed by atoms with Crippen molar-refractivity contribution in [1.82, 2.24) is 19.8 Å². The second-order valence-electron chi connectivity index (χ2n) is 6.11. The van der Waals surface area contributed by atoms with Gasteiger partial charge in [-0.05, 0) is 30.9 Å². The first-order chi connectivity index (χ1) is 11.3. The molecule has 3 N–H and O–H groups in total. The van der Waals surface area contributed by atoms with Crippen LogP contribution in [0.25, 0.3) is 17.0 Å². The molecular weight excluding hydrogens is 288 g/mol. The van der Waals surface area contributed by atoms with E-state index in [9.17, 15) is 0 Å². The van der Waals surface area contributed by atoms with Gasteiger partial charge in [0.15, 0.2) is 11.5 Å². The van der Waals surface area contributed by atoms with Crippen molar-refractivity contribution in [3.8, 4) is 11.4 Å². The van der Waals surface area contributed by atoms with Gasteiger partial charge in [0, 0.05) is 18.2 Å². The van der Waals surface area contributed by atoms with Crippen molar-refractivity contribution < 1.29 is 0 Å². The molecule has 0 spiro atoms. The van der Waals surface area contributed by atoms with Crippen molar-refractivity contribution >= 4 is 11.5 Å². The number of aromatic nitrogens is 4. The van der Waals surface area contributed by atoms with Gasteiger partial charge in [0.1, 0.15) is 5.82 Å². The number of nitrogens with one attached hydrogen (secondary N) is 1. The lowest BCUT2D eigenvalue weighted by atomic mass is 9.80. The third kappa shape index (κ3) is 2.77. The summed E-state index contributed by atoms with van der Waals surface area (Å²) < 4.78 is 1.77. The summed E-state index contributed by atoms with van der Waals surface area (Å²) in [4.78, 5) is 0. The molecule has 1 saturated carbocycles. The lowest BCUT2D eigenvalue weighted by molar-refractivity contribution is 0.268. The van der Waals surface area contributed by atoms with Gasteiger partial charge in [0.2, 0.25) is 0 Å². The zero-order valence-electron chi connectivity index (χ0n) is 12.9. The zero-order valence-corrected chi connectivity index (χ0v) is 12.9. The lowest BCUT2D eigenvalue weighted by Gasteiger charge is -2.31. The maximum absolute atomic E-state index is 6.22.